The predicted octanol–water partition coefficient (Wildman–Crippen LogP) is 2.27. The summed E-state index contributed by atoms with van der Waals surface area (Å²) in [5, 5.41) is 0. The van der Waals surface area contributed by atoms with Gasteiger partial charge in [-0.2, -0.15) is 0 Å². The summed E-state index contributed by atoms with van der Waals surface area (Å²) in [7, 11) is 1.71. The number of carbonyl (C=O) groups excluding carboxylic acids is 1. The normalized spacial score (nSPS) is 21.7. The minimum atomic E-state index is 0.190. The van der Waals surface area contributed by atoms with Crippen molar-refractivity contribution >= 4 is 5.91 Å². The first-order chi connectivity index (χ1) is 12.7. The first kappa shape index (κ1) is 17.6. The van der Waals surface area contributed by atoms with Crippen LogP contribution in [0.3, 0.4) is 0 Å². The van der Waals surface area contributed by atoms with E-state index in [1.54, 1.807) is 7.11 Å². The summed E-state index contributed by atoms with van der Waals surface area (Å²) < 4.78 is 16.0. The maximum Gasteiger partial charge on any atom is 0.231 e. The lowest BCUT2D eigenvalue weighted by Gasteiger charge is -2.38. The van der Waals surface area contributed by atoms with Crippen LogP contribution in [0.15, 0.2) is 18.2 Å². The lowest BCUT2D eigenvalue weighted by atomic mass is 9.77. The number of rotatable bonds is 6. The van der Waals surface area contributed by atoms with E-state index in [1.165, 1.54) is 5.56 Å². The number of carbonyl (C=O) groups is 1. The summed E-state index contributed by atoms with van der Waals surface area (Å²) in [6, 6.07) is 6.20. The highest BCUT2D eigenvalue weighted by Gasteiger charge is 2.44. The molecule has 1 aromatic carbocycles. The third-order valence-corrected chi connectivity index (χ3v) is 5.94. The van der Waals surface area contributed by atoms with Crippen molar-refractivity contribution in [1.29, 1.82) is 0 Å². The second-order valence-electron chi connectivity index (χ2n) is 7.80. The summed E-state index contributed by atoms with van der Waals surface area (Å²) in [5.74, 6) is 2.01. The molecule has 1 spiro atoms. The molecule has 0 aliphatic carbocycles. The van der Waals surface area contributed by atoms with Crippen molar-refractivity contribution in [3.8, 4) is 11.5 Å². The molecule has 0 atom stereocenters. The Balaban J connectivity index is 1.29. The van der Waals surface area contributed by atoms with Gasteiger partial charge in [0.05, 0.1) is 0 Å². The molecule has 1 aromatic rings. The van der Waals surface area contributed by atoms with Gasteiger partial charge in [0.25, 0.3) is 0 Å². The monoisotopic (exact) mass is 360 g/mol. The molecule has 26 heavy (non-hydrogen) atoms. The summed E-state index contributed by atoms with van der Waals surface area (Å²) >= 11 is 0. The van der Waals surface area contributed by atoms with Gasteiger partial charge in [-0.3, -0.25) is 9.69 Å². The Labute approximate surface area is 155 Å². The molecule has 6 heteroatoms. The molecular formula is C20H28N2O4. The first-order valence-electron chi connectivity index (χ1n) is 9.55. The van der Waals surface area contributed by atoms with Gasteiger partial charge in [0.2, 0.25) is 12.7 Å². The van der Waals surface area contributed by atoms with Crippen molar-refractivity contribution in [2.75, 3.05) is 46.7 Å². The molecule has 3 aliphatic heterocycles. The van der Waals surface area contributed by atoms with Crippen LogP contribution in [0.4, 0.5) is 0 Å². The number of benzene rings is 1. The molecule has 4 rings (SSSR count). The fourth-order valence-electron chi connectivity index (χ4n) is 4.40. The number of likely N-dealkylation sites (tertiary alicyclic amines) is 2. The quantitative estimate of drug-likeness (QED) is 0.729. The van der Waals surface area contributed by atoms with E-state index >= 15 is 0 Å². The van der Waals surface area contributed by atoms with Gasteiger partial charge in [0.15, 0.2) is 11.5 Å². The zero-order chi connectivity index (χ0) is 18.0. The highest BCUT2D eigenvalue weighted by molar-refractivity contribution is 5.79. The van der Waals surface area contributed by atoms with E-state index in [0.29, 0.717) is 12.7 Å². The topological polar surface area (TPSA) is 51.2 Å². The number of methoxy groups -OCH3 is 1. The van der Waals surface area contributed by atoms with Crippen LogP contribution in [0, 0.1) is 5.41 Å². The van der Waals surface area contributed by atoms with Gasteiger partial charge in [-0.25, -0.2) is 0 Å². The van der Waals surface area contributed by atoms with Gasteiger partial charge in [0, 0.05) is 39.8 Å². The van der Waals surface area contributed by atoms with E-state index in [9.17, 15) is 4.79 Å². The van der Waals surface area contributed by atoms with Crippen LogP contribution in [-0.2, 0) is 16.1 Å². The van der Waals surface area contributed by atoms with Gasteiger partial charge >= 0.3 is 0 Å². The van der Waals surface area contributed by atoms with E-state index in [1.807, 2.05) is 11.0 Å². The number of piperidine rings is 1. The van der Waals surface area contributed by atoms with Crippen molar-refractivity contribution in [1.82, 2.24) is 9.80 Å². The molecule has 0 N–H and O–H groups in total. The maximum atomic E-state index is 12.4. The zero-order valence-electron chi connectivity index (χ0n) is 15.5. The van der Waals surface area contributed by atoms with E-state index in [2.05, 4.69) is 17.0 Å². The predicted molar refractivity (Wildman–Crippen MR) is 97.2 cm³/mol. The fraction of sp³-hybridized carbons (Fsp3) is 0.650. The molecule has 2 fully saturated rings. The molecule has 3 aliphatic rings. The SMILES string of the molecule is COCCCN1CC2(CCN(Cc3ccc4c(c3)OCO4)CC2)CC1=O. The van der Waals surface area contributed by atoms with E-state index in [0.717, 1.165) is 76.5 Å². The largest absolute Gasteiger partial charge is 0.454 e. The van der Waals surface area contributed by atoms with Crippen LogP contribution in [0.25, 0.3) is 0 Å². The Hall–Kier alpha value is -1.79. The molecule has 2 saturated heterocycles. The fourth-order valence-corrected chi connectivity index (χ4v) is 4.40. The van der Waals surface area contributed by atoms with Gasteiger partial charge in [-0.1, -0.05) is 6.07 Å². The Morgan fingerprint density at radius 2 is 2.00 bits per heavy atom. The third kappa shape index (κ3) is 3.67. The average molecular weight is 360 g/mol. The summed E-state index contributed by atoms with van der Waals surface area (Å²) in [4.78, 5) is 16.9. The molecule has 0 radical (unpaired) electrons. The van der Waals surface area contributed by atoms with Crippen LogP contribution in [0.5, 0.6) is 11.5 Å². The van der Waals surface area contributed by atoms with Gasteiger partial charge < -0.3 is 19.1 Å². The van der Waals surface area contributed by atoms with Crippen LogP contribution in [0.1, 0.15) is 31.2 Å². The number of nitrogens with zero attached hydrogens (tertiary/aromatic N) is 2. The molecule has 142 valence electrons. The van der Waals surface area contributed by atoms with E-state index in [4.69, 9.17) is 14.2 Å². The van der Waals surface area contributed by atoms with E-state index < -0.39 is 0 Å². The Morgan fingerprint density at radius 1 is 1.19 bits per heavy atom. The van der Waals surface area contributed by atoms with Crippen molar-refractivity contribution in [3.63, 3.8) is 0 Å². The first-order valence-corrected chi connectivity index (χ1v) is 9.55. The Bertz CT molecular complexity index is 655. The lowest BCUT2D eigenvalue weighted by molar-refractivity contribution is -0.128. The molecule has 0 aromatic heterocycles. The van der Waals surface area contributed by atoms with Crippen LogP contribution >= 0.6 is 0 Å². The minimum absolute atomic E-state index is 0.190. The van der Waals surface area contributed by atoms with Crippen LogP contribution < -0.4 is 9.47 Å². The van der Waals surface area contributed by atoms with Crippen molar-refractivity contribution < 1.29 is 19.0 Å². The van der Waals surface area contributed by atoms with E-state index in [-0.39, 0.29) is 5.41 Å². The number of fused-ring (bicyclic) bond motifs is 1. The molecule has 6 nitrogen and oxygen atoms in total. The van der Waals surface area contributed by atoms with Gasteiger partial charge in [0.1, 0.15) is 0 Å². The molecule has 0 saturated carbocycles. The van der Waals surface area contributed by atoms with Crippen LogP contribution in [0.2, 0.25) is 0 Å². The highest BCUT2D eigenvalue weighted by Crippen LogP contribution is 2.41. The second-order valence-corrected chi connectivity index (χ2v) is 7.80. The third-order valence-electron chi connectivity index (χ3n) is 5.94. The minimum Gasteiger partial charge on any atom is -0.454 e. The highest BCUT2D eigenvalue weighted by atomic mass is 16.7. The Kier molecular flexibility index (Phi) is 5.05. The lowest BCUT2D eigenvalue weighted by Crippen LogP contribution is -2.41. The molecule has 1 amide bonds. The molecular weight excluding hydrogens is 332 g/mol. The second kappa shape index (κ2) is 7.45. The van der Waals surface area contributed by atoms with Crippen LogP contribution in [-0.4, -0.2) is 62.4 Å². The molecule has 0 bridgehead atoms. The zero-order valence-corrected chi connectivity index (χ0v) is 15.5. The summed E-state index contributed by atoms with van der Waals surface area (Å²) in [6.45, 7) is 5.82. The van der Waals surface area contributed by atoms with Crippen molar-refractivity contribution in [2.24, 2.45) is 5.41 Å². The molecule has 0 unspecified atom stereocenters. The maximum absolute atomic E-state index is 12.4. The van der Waals surface area contributed by atoms with Crippen molar-refractivity contribution in [2.45, 2.75) is 32.2 Å². The smallest absolute Gasteiger partial charge is 0.231 e. The summed E-state index contributed by atoms with van der Waals surface area (Å²) in [6.07, 6.45) is 3.85. The number of ether oxygens (including phenoxy) is 3. The molecule has 3 heterocycles. The summed E-state index contributed by atoms with van der Waals surface area (Å²) in [5.41, 5.74) is 1.45. The standard InChI is InChI=1S/C20H28N2O4/c1-24-10-2-7-22-14-20(12-19(22)23)5-8-21(9-6-20)13-16-3-4-17-18(11-16)26-15-25-17/h3-4,11H,2,5-10,12-15H2,1H3. The van der Waals surface area contributed by atoms with Gasteiger partial charge in [-0.05, 0) is 55.5 Å². The Morgan fingerprint density at radius 3 is 2.81 bits per heavy atom. The number of hydrogen-bond acceptors (Lipinski definition) is 5. The van der Waals surface area contributed by atoms with Gasteiger partial charge in [-0.15, -0.1) is 0 Å². The number of amides is 1. The average Bonchev–Trinajstić information content (AvgIpc) is 3.22. The van der Waals surface area contributed by atoms with Crippen molar-refractivity contribution in [3.05, 3.63) is 23.8 Å². The number of hydrogen-bond donors (Lipinski definition) is 0.